The molecule has 0 N–H and O–H groups in total. The first-order valence-electron chi connectivity index (χ1n) is 13.5. The first-order valence-corrected chi connectivity index (χ1v) is 16.2. The normalized spacial score (nSPS) is 14.6. The van der Waals surface area contributed by atoms with E-state index in [1.807, 2.05) is 0 Å². The number of hydrogen-bond donors (Lipinski definition) is 0. The minimum Gasteiger partial charge on any atom is -0.0691 e. The lowest BCUT2D eigenvalue weighted by atomic mass is 9.87. The van der Waals surface area contributed by atoms with Crippen LogP contribution in [-0.4, -0.2) is 5.16 Å². The van der Waals surface area contributed by atoms with Gasteiger partial charge in [-0.3, -0.25) is 0 Å². The van der Waals surface area contributed by atoms with Crippen LogP contribution in [0.4, 0.5) is 0 Å². The molecule has 0 aliphatic heterocycles. The quantitative estimate of drug-likeness (QED) is 0.179. The lowest BCUT2D eigenvalue weighted by molar-refractivity contribution is 0.695. The zero-order chi connectivity index (χ0) is 26.5. The number of allylic oxidation sites excluding steroid dienone is 4. The van der Waals surface area contributed by atoms with Crippen LogP contribution in [0.1, 0.15) is 18.4 Å². The van der Waals surface area contributed by atoms with Gasteiger partial charge >= 0.3 is 0 Å². The Morgan fingerprint density at radius 3 is 1.31 bits per heavy atom. The molecule has 0 saturated heterocycles. The molecule has 39 heavy (non-hydrogen) atoms. The molecule has 0 nitrogen and oxygen atoms in total. The summed E-state index contributed by atoms with van der Waals surface area (Å²) in [7, 11) is -1.41. The fourth-order valence-electron chi connectivity index (χ4n) is 5.74. The number of hydrogen-bond acceptors (Lipinski definition) is 0. The van der Waals surface area contributed by atoms with Crippen molar-refractivity contribution in [1.29, 1.82) is 0 Å². The summed E-state index contributed by atoms with van der Waals surface area (Å²) in [5.74, 6) is 0.271. The highest BCUT2D eigenvalue weighted by molar-refractivity contribution is 7.80. The van der Waals surface area contributed by atoms with E-state index in [4.69, 9.17) is 0 Å². The van der Waals surface area contributed by atoms with Gasteiger partial charge < -0.3 is 0 Å². The van der Waals surface area contributed by atoms with Crippen LogP contribution in [0.25, 0.3) is 0 Å². The van der Waals surface area contributed by atoms with E-state index >= 15 is 0 Å². The second kappa shape index (κ2) is 11.7. The molecule has 0 spiro atoms. The van der Waals surface area contributed by atoms with Crippen LogP contribution in [0.5, 0.6) is 0 Å². The van der Waals surface area contributed by atoms with Crippen molar-refractivity contribution in [3.05, 3.63) is 175 Å². The Kier molecular flexibility index (Phi) is 7.69. The van der Waals surface area contributed by atoms with Crippen LogP contribution in [0.3, 0.4) is 0 Å². The molecule has 1 unspecified atom stereocenters. The molecule has 5 aromatic carbocycles. The lowest BCUT2D eigenvalue weighted by Crippen LogP contribution is -2.37. The second-order valence-corrected chi connectivity index (χ2v) is 14.6. The molecule has 5 aromatic rings. The van der Waals surface area contributed by atoms with Gasteiger partial charge in [-0.05, 0) is 53.8 Å². The first-order chi connectivity index (χ1) is 19.3. The second-order valence-electron chi connectivity index (χ2n) is 9.90. The predicted octanol–water partition coefficient (Wildman–Crippen LogP) is 7.55. The molecule has 0 aromatic heterocycles. The maximum absolute atomic E-state index is 2.48. The SMILES string of the molecule is CC(c1ccccc1P(c1ccccc1)c1ccccc1)C1(P(c2ccccc2)c2ccccc2)C=CC=C1. The van der Waals surface area contributed by atoms with Crippen molar-refractivity contribution in [3.63, 3.8) is 0 Å². The topological polar surface area (TPSA) is 0 Å². The maximum atomic E-state index is 2.48. The van der Waals surface area contributed by atoms with Gasteiger partial charge in [-0.15, -0.1) is 0 Å². The highest BCUT2D eigenvalue weighted by Crippen LogP contribution is 2.58. The molecule has 190 valence electrons. The molecular weight excluding hydrogens is 506 g/mol. The fourth-order valence-corrected chi connectivity index (χ4v) is 11.4. The van der Waals surface area contributed by atoms with E-state index < -0.39 is 15.8 Å². The Bertz CT molecular complexity index is 1470. The van der Waals surface area contributed by atoms with Crippen molar-refractivity contribution in [1.82, 2.24) is 0 Å². The standard InChI is InChI=1S/C37H32P2/c1-30(37(28-16-17-29-37)39(33-22-10-4-11-23-33)34-24-12-5-13-25-34)35-26-14-15-27-36(35)38(31-18-6-2-7-19-31)32-20-8-3-9-21-32/h2-30H,1H3. The van der Waals surface area contributed by atoms with E-state index in [-0.39, 0.29) is 11.1 Å². The molecular formula is C37H32P2. The third-order valence-electron chi connectivity index (χ3n) is 7.62. The van der Waals surface area contributed by atoms with Crippen molar-refractivity contribution in [2.24, 2.45) is 0 Å². The maximum Gasteiger partial charge on any atom is 0.0416 e. The van der Waals surface area contributed by atoms with Crippen molar-refractivity contribution >= 4 is 42.4 Å². The minimum atomic E-state index is -0.706. The summed E-state index contributed by atoms with van der Waals surface area (Å²) in [6.45, 7) is 2.45. The Labute approximate surface area is 235 Å². The van der Waals surface area contributed by atoms with Crippen molar-refractivity contribution in [3.8, 4) is 0 Å². The molecule has 1 atom stereocenters. The smallest absolute Gasteiger partial charge is 0.0416 e. The Morgan fingerprint density at radius 1 is 0.462 bits per heavy atom. The highest BCUT2D eigenvalue weighted by atomic mass is 31.1. The van der Waals surface area contributed by atoms with Gasteiger partial charge in [0, 0.05) is 5.16 Å². The van der Waals surface area contributed by atoms with Gasteiger partial charge in [0.2, 0.25) is 0 Å². The summed E-state index contributed by atoms with van der Waals surface area (Å²) in [5.41, 5.74) is 1.44. The van der Waals surface area contributed by atoms with Crippen LogP contribution in [-0.2, 0) is 0 Å². The van der Waals surface area contributed by atoms with E-state index in [9.17, 15) is 0 Å². The van der Waals surface area contributed by atoms with Crippen molar-refractivity contribution < 1.29 is 0 Å². The summed E-state index contributed by atoms with van der Waals surface area (Å²) in [6, 6.07) is 53.6. The van der Waals surface area contributed by atoms with Crippen molar-refractivity contribution in [2.75, 3.05) is 0 Å². The average molecular weight is 539 g/mol. The van der Waals surface area contributed by atoms with E-state index in [1.54, 1.807) is 0 Å². The molecule has 0 bridgehead atoms. The average Bonchev–Trinajstić information content (AvgIpc) is 3.50. The summed E-state index contributed by atoms with van der Waals surface area (Å²) in [4.78, 5) is 0. The van der Waals surface area contributed by atoms with Crippen LogP contribution >= 0.6 is 15.8 Å². The summed E-state index contributed by atoms with van der Waals surface area (Å²) >= 11 is 0. The zero-order valence-electron chi connectivity index (χ0n) is 22.1. The van der Waals surface area contributed by atoms with E-state index in [1.165, 1.54) is 32.1 Å². The van der Waals surface area contributed by atoms with Gasteiger partial charge in [-0.25, -0.2) is 0 Å². The molecule has 0 fully saturated rings. The van der Waals surface area contributed by atoms with Gasteiger partial charge in [0.15, 0.2) is 0 Å². The monoisotopic (exact) mass is 538 g/mol. The minimum absolute atomic E-state index is 0.136. The van der Waals surface area contributed by atoms with E-state index in [0.717, 1.165) is 0 Å². The molecule has 2 heteroatoms. The molecule has 0 amide bonds. The highest BCUT2D eigenvalue weighted by Gasteiger charge is 2.43. The van der Waals surface area contributed by atoms with Crippen LogP contribution in [0.15, 0.2) is 170 Å². The van der Waals surface area contributed by atoms with Crippen LogP contribution in [0, 0.1) is 0 Å². The summed E-state index contributed by atoms with van der Waals surface area (Å²) < 4.78 is 0. The third-order valence-corrected chi connectivity index (χ3v) is 13.2. The molecule has 6 rings (SSSR count). The van der Waals surface area contributed by atoms with E-state index in [2.05, 4.69) is 177 Å². The van der Waals surface area contributed by atoms with Gasteiger partial charge in [-0.2, -0.15) is 0 Å². The van der Waals surface area contributed by atoms with Crippen LogP contribution < -0.4 is 26.5 Å². The van der Waals surface area contributed by atoms with E-state index in [0.29, 0.717) is 0 Å². The number of benzene rings is 5. The summed E-state index contributed by atoms with van der Waals surface area (Å²) in [6.07, 6.45) is 9.48. The largest absolute Gasteiger partial charge is 0.0691 e. The number of rotatable bonds is 8. The Morgan fingerprint density at radius 2 is 0.846 bits per heavy atom. The zero-order valence-corrected chi connectivity index (χ0v) is 23.9. The van der Waals surface area contributed by atoms with Gasteiger partial charge in [0.05, 0.1) is 0 Å². The molecule has 1 aliphatic rings. The Hall–Kier alpha value is -3.56. The summed E-state index contributed by atoms with van der Waals surface area (Å²) in [5, 5.41) is 6.90. The molecule has 1 aliphatic carbocycles. The van der Waals surface area contributed by atoms with Crippen molar-refractivity contribution in [2.45, 2.75) is 18.0 Å². The molecule has 0 radical (unpaired) electrons. The van der Waals surface area contributed by atoms with Gasteiger partial charge in [-0.1, -0.05) is 177 Å². The van der Waals surface area contributed by atoms with Gasteiger partial charge in [0.25, 0.3) is 0 Å². The predicted molar refractivity (Wildman–Crippen MR) is 174 cm³/mol. The molecule has 0 heterocycles. The Balaban J connectivity index is 1.54. The lowest BCUT2D eigenvalue weighted by Gasteiger charge is -2.42. The first kappa shape index (κ1) is 25.7. The van der Waals surface area contributed by atoms with Gasteiger partial charge in [0.1, 0.15) is 0 Å². The fraction of sp³-hybridized carbons (Fsp3) is 0.0811. The van der Waals surface area contributed by atoms with Crippen LogP contribution in [0.2, 0.25) is 0 Å². The third kappa shape index (κ3) is 5.08. The molecule has 0 saturated carbocycles.